The Balaban J connectivity index is 1.80. The topological polar surface area (TPSA) is 50.2 Å². The Labute approximate surface area is 134 Å². The first-order chi connectivity index (χ1) is 10.5. The van der Waals surface area contributed by atoms with Crippen LogP contribution in [-0.2, 0) is 31.0 Å². The first-order valence-electron chi connectivity index (χ1n) is 7.61. The molecule has 1 aliphatic heterocycles. The first-order valence-corrected chi connectivity index (χ1v) is 8.56. The lowest BCUT2D eigenvalue weighted by atomic mass is 10.2. The predicted molar refractivity (Wildman–Crippen MR) is 87.4 cm³/mol. The predicted octanol–water partition coefficient (Wildman–Crippen LogP) is 2.68. The maximum Gasteiger partial charge on any atom is 0.217 e. The van der Waals surface area contributed by atoms with Crippen molar-refractivity contribution in [1.29, 1.82) is 0 Å². The number of amides is 1. The van der Waals surface area contributed by atoms with E-state index in [1.165, 1.54) is 16.8 Å². The van der Waals surface area contributed by atoms with E-state index in [0.717, 1.165) is 25.3 Å². The number of hydrogen-bond acceptors (Lipinski definition) is 4. The molecule has 0 aliphatic carbocycles. The van der Waals surface area contributed by atoms with Gasteiger partial charge in [0.25, 0.3) is 0 Å². The van der Waals surface area contributed by atoms with E-state index in [0.29, 0.717) is 12.6 Å². The largest absolute Gasteiger partial charge is 0.351 e. The Morgan fingerprint density at radius 2 is 2.27 bits per heavy atom. The number of hydrogen-bond donors (Lipinski definition) is 1. The molecule has 5 nitrogen and oxygen atoms in total. The van der Waals surface area contributed by atoms with Crippen LogP contribution in [0.1, 0.15) is 49.3 Å². The number of thiophene rings is 1. The van der Waals surface area contributed by atoms with Crippen molar-refractivity contribution < 1.29 is 4.79 Å². The van der Waals surface area contributed by atoms with Gasteiger partial charge in [-0.1, -0.05) is 0 Å². The molecule has 0 fully saturated rings. The number of aromatic nitrogens is 2. The third-order valence-corrected chi connectivity index (χ3v) is 4.67. The van der Waals surface area contributed by atoms with Crippen molar-refractivity contribution in [2.24, 2.45) is 0 Å². The minimum absolute atomic E-state index is 0.0130. The van der Waals surface area contributed by atoms with Gasteiger partial charge in [-0.25, -0.2) is 0 Å². The van der Waals surface area contributed by atoms with Crippen LogP contribution in [0.25, 0.3) is 0 Å². The SMILES string of the molecule is CC(=O)NCc1nn(C(C)C)c2c1CN(Cc1ccsc1)C2. The van der Waals surface area contributed by atoms with Gasteiger partial charge in [-0.15, -0.1) is 0 Å². The molecule has 0 saturated heterocycles. The normalized spacial score (nSPS) is 14.5. The zero-order valence-electron chi connectivity index (χ0n) is 13.3. The molecule has 1 aliphatic rings. The lowest BCUT2D eigenvalue weighted by Gasteiger charge is -2.16. The summed E-state index contributed by atoms with van der Waals surface area (Å²) in [5.41, 5.74) is 4.96. The highest BCUT2D eigenvalue weighted by atomic mass is 32.1. The van der Waals surface area contributed by atoms with Crippen molar-refractivity contribution in [2.75, 3.05) is 0 Å². The van der Waals surface area contributed by atoms with Crippen LogP contribution in [0.2, 0.25) is 0 Å². The van der Waals surface area contributed by atoms with Gasteiger partial charge in [0.1, 0.15) is 0 Å². The van der Waals surface area contributed by atoms with Gasteiger partial charge >= 0.3 is 0 Å². The molecule has 2 aromatic rings. The Morgan fingerprint density at radius 3 is 2.91 bits per heavy atom. The van der Waals surface area contributed by atoms with Crippen molar-refractivity contribution in [3.63, 3.8) is 0 Å². The Hall–Kier alpha value is -1.66. The van der Waals surface area contributed by atoms with Crippen LogP contribution < -0.4 is 5.32 Å². The van der Waals surface area contributed by atoms with E-state index in [1.807, 2.05) is 0 Å². The zero-order valence-corrected chi connectivity index (χ0v) is 14.1. The molecule has 0 aromatic carbocycles. The Bertz CT molecular complexity index is 660. The van der Waals surface area contributed by atoms with Crippen molar-refractivity contribution in [3.05, 3.63) is 39.3 Å². The highest BCUT2D eigenvalue weighted by Gasteiger charge is 2.28. The summed E-state index contributed by atoms with van der Waals surface area (Å²) in [6.07, 6.45) is 0. The lowest BCUT2D eigenvalue weighted by molar-refractivity contribution is -0.119. The molecule has 0 unspecified atom stereocenters. The molecule has 3 heterocycles. The number of fused-ring (bicyclic) bond motifs is 1. The summed E-state index contributed by atoms with van der Waals surface area (Å²) in [5, 5.41) is 11.9. The summed E-state index contributed by atoms with van der Waals surface area (Å²) in [5.74, 6) is -0.0130. The van der Waals surface area contributed by atoms with E-state index >= 15 is 0 Å². The number of carbonyl (C=O) groups is 1. The average Bonchev–Trinajstić information content (AvgIpc) is 3.13. The number of rotatable bonds is 5. The van der Waals surface area contributed by atoms with E-state index in [4.69, 9.17) is 5.10 Å². The second kappa shape index (κ2) is 6.22. The fourth-order valence-electron chi connectivity index (χ4n) is 2.93. The van der Waals surface area contributed by atoms with Crippen molar-refractivity contribution in [2.45, 2.75) is 53.0 Å². The van der Waals surface area contributed by atoms with Crippen LogP contribution in [0.3, 0.4) is 0 Å². The van der Waals surface area contributed by atoms with Crippen LogP contribution in [0.5, 0.6) is 0 Å². The fraction of sp³-hybridized carbons (Fsp3) is 0.500. The van der Waals surface area contributed by atoms with Crippen molar-refractivity contribution in [1.82, 2.24) is 20.0 Å². The molecule has 0 saturated carbocycles. The molecular weight excluding hydrogens is 296 g/mol. The number of nitrogens with zero attached hydrogens (tertiary/aromatic N) is 3. The summed E-state index contributed by atoms with van der Waals surface area (Å²) in [6, 6.07) is 2.52. The Morgan fingerprint density at radius 1 is 1.45 bits per heavy atom. The lowest BCUT2D eigenvalue weighted by Crippen LogP contribution is -2.22. The second-order valence-electron chi connectivity index (χ2n) is 6.10. The van der Waals surface area contributed by atoms with E-state index < -0.39 is 0 Å². The van der Waals surface area contributed by atoms with Gasteiger partial charge in [0.2, 0.25) is 5.91 Å². The molecule has 1 N–H and O–H groups in total. The molecule has 1 amide bonds. The van der Waals surface area contributed by atoms with Crippen LogP contribution >= 0.6 is 11.3 Å². The number of carbonyl (C=O) groups excluding carboxylic acids is 1. The van der Waals surface area contributed by atoms with E-state index in [9.17, 15) is 4.79 Å². The average molecular weight is 318 g/mol. The molecule has 0 radical (unpaired) electrons. The van der Waals surface area contributed by atoms with Gasteiger partial charge in [-0.05, 0) is 36.2 Å². The smallest absolute Gasteiger partial charge is 0.217 e. The highest BCUT2D eigenvalue weighted by Crippen LogP contribution is 2.29. The third kappa shape index (κ3) is 3.08. The molecular formula is C16H22N4OS. The van der Waals surface area contributed by atoms with Crippen molar-refractivity contribution in [3.8, 4) is 0 Å². The van der Waals surface area contributed by atoms with E-state index in [1.54, 1.807) is 18.3 Å². The first kappa shape index (κ1) is 15.2. The summed E-state index contributed by atoms with van der Waals surface area (Å²) in [4.78, 5) is 13.6. The zero-order chi connectivity index (χ0) is 15.7. The van der Waals surface area contributed by atoms with Gasteiger partial charge in [0.15, 0.2) is 0 Å². The molecule has 118 valence electrons. The van der Waals surface area contributed by atoms with Gasteiger partial charge in [-0.2, -0.15) is 16.4 Å². The minimum atomic E-state index is -0.0130. The maximum atomic E-state index is 11.2. The fourth-order valence-corrected chi connectivity index (χ4v) is 3.59. The van der Waals surface area contributed by atoms with Crippen LogP contribution in [0.4, 0.5) is 0 Å². The number of nitrogens with one attached hydrogen (secondary N) is 1. The van der Waals surface area contributed by atoms with E-state index in [2.05, 4.69) is 45.6 Å². The van der Waals surface area contributed by atoms with Crippen LogP contribution in [0, 0.1) is 0 Å². The second-order valence-corrected chi connectivity index (χ2v) is 6.88. The summed E-state index contributed by atoms with van der Waals surface area (Å²) in [7, 11) is 0. The summed E-state index contributed by atoms with van der Waals surface area (Å²) >= 11 is 1.74. The standard InChI is InChI=1S/C16H22N4OS/c1-11(2)20-16-9-19(7-13-4-5-22-10-13)8-14(16)15(18-20)6-17-12(3)21/h4-5,10-11H,6-9H2,1-3H3,(H,17,21). The van der Waals surface area contributed by atoms with Crippen LogP contribution in [-0.4, -0.2) is 20.6 Å². The van der Waals surface area contributed by atoms with Crippen molar-refractivity contribution >= 4 is 17.2 Å². The summed E-state index contributed by atoms with van der Waals surface area (Å²) < 4.78 is 2.11. The highest BCUT2D eigenvalue weighted by molar-refractivity contribution is 7.07. The van der Waals surface area contributed by atoms with Gasteiger partial charge < -0.3 is 5.32 Å². The van der Waals surface area contributed by atoms with E-state index in [-0.39, 0.29) is 5.91 Å². The molecule has 0 atom stereocenters. The van der Waals surface area contributed by atoms with Gasteiger partial charge in [0, 0.05) is 38.2 Å². The van der Waals surface area contributed by atoms with Crippen LogP contribution in [0.15, 0.2) is 16.8 Å². The summed E-state index contributed by atoms with van der Waals surface area (Å²) in [6.45, 7) is 9.17. The minimum Gasteiger partial charge on any atom is -0.351 e. The van der Waals surface area contributed by atoms with Gasteiger partial charge in [0.05, 0.1) is 17.9 Å². The molecule has 2 aromatic heterocycles. The third-order valence-electron chi connectivity index (χ3n) is 3.94. The molecule has 3 rings (SSSR count). The maximum absolute atomic E-state index is 11.2. The molecule has 0 spiro atoms. The Kier molecular flexibility index (Phi) is 4.31. The monoisotopic (exact) mass is 318 g/mol. The van der Waals surface area contributed by atoms with Gasteiger partial charge in [-0.3, -0.25) is 14.4 Å². The molecule has 22 heavy (non-hydrogen) atoms. The quantitative estimate of drug-likeness (QED) is 0.922. The molecule has 6 heteroatoms. The molecule has 0 bridgehead atoms.